The monoisotopic (exact) mass is 352 g/mol. The number of nitrogens with two attached hydrogens (primary N) is 1. The summed E-state index contributed by atoms with van der Waals surface area (Å²) in [6.45, 7) is 7.20. The molecule has 128 valence electrons. The van der Waals surface area contributed by atoms with Crippen LogP contribution in [-0.4, -0.2) is 29.5 Å². The Kier molecular flexibility index (Phi) is 3.01. The Morgan fingerprint density at radius 1 is 1.40 bits per heavy atom. The largest absolute Gasteiger partial charge is 0.439 e. The number of fused-ring (bicyclic) bond motifs is 5. The summed E-state index contributed by atoms with van der Waals surface area (Å²) in [5, 5.41) is 11.0. The number of pyridine rings is 1. The smallest absolute Gasteiger partial charge is 0.205 e. The summed E-state index contributed by atoms with van der Waals surface area (Å²) in [7, 11) is 0. The summed E-state index contributed by atoms with van der Waals surface area (Å²) in [5.41, 5.74) is 8.73. The first kappa shape index (κ1) is 15.2. The van der Waals surface area contributed by atoms with Gasteiger partial charge < -0.3 is 15.4 Å². The molecule has 0 amide bonds. The van der Waals surface area contributed by atoms with E-state index >= 15 is 0 Å². The molecule has 5 nitrogen and oxygen atoms in total. The van der Waals surface area contributed by atoms with Gasteiger partial charge in [0.1, 0.15) is 16.5 Å². The van der Waals surface area contributed by atoms with Crippen LogP contribution in [0, 0.1) is 31.1 Å². The third kappa shape index (κ3) is 1.83. The van der Waals surface area contributed by atoms with E-state index in [0.717, 1.165) is 64.6 Å². The van der Waals surface area contributed by atoms with E-state index in [0.29, 0.717) is 11.5 Å². The quantitative estimate of drug-likeness (QED) is 0.789. The normalized spacial score (nSPS) is 30.4. The van der Waals surface area contributed by atoms with Gasteiger partial charge in [0.15, 0.2) is 5.75 Å². The second-order valence-corrected chi connectivity index (χ2v) is 8.49. The summed E-state index contributed by atoms with van der Waals surface area (Å²) in [5.74, 6) is 1.57. The number of nitrogens with zero attached hydrogens (tertiary/aromatic N) is 3. The van der Waals surface area contributed by atoms with Crippen molar-refractivity contribution in [2.45, 2.75) is 32.1 Å². The molecule has 0 saturated carbocycles. The first-order valence-electron chi connectivity index (χ1n) is 8.76. The Morgan fingerprint density at radius 2 is 2.16 bits per heavy atom. The van der Waals surface area contributed by atoms with Gasteiger partial charge in [-0.1, -0.05) is 0 Å². The van der Waals surface area contributed by atoms with Gasteiger partial charge in [0.2, 0.25) is 5.88 Å². The molecular weight excluding hydrogens is 332 g/mol. The standard InChI is InChI=1S/C19H20N4OS/c1-10-7-11(2)22-18-14(10)15-16(25-18)19(13(8-20)17(21)24-15)9-23-5-3-12(19)4-6-23/h7,12H,3-6,9,21H2,1-2H3/t19-/m1/s1. The van der Waals surface area contributed by atoms with E-state index in [2.05, 4.69) is 24.0 Å². The van der Waals surface area contributed by atoms with Crippen molar-refractivity contribution in [3.05, 3.63) is 33.7 Å². The van der Waals surface area contributed by atoms with Crippen LogP contribution in [0.3, 0.4) is 0 Å². The molecule has 3 fully saturated rings. The molecular formula is C19H20N4OS. The van der Waals surface area contributed by atoms with Crippen molar-refractivity contribution in [1.29, 1.82) is 5.26 Å². The molecule has 2 bridgehead atoms. The average molecular weight is 352 g/mol. The van der Waals surface area contributed by atoms with Gasteiger partial charge in [-0.15, -0.1) is 11.3 Å². The van der Waals surface area contributed by atoms with Crippen molar-refractivity contribution in [2.24, 2.45) is 11.7 Å². The molecule has 3 saturated heterocycles. The van der Waals surface area contributed by atoms with Gasteiger partial charge in [-0.3, -0.25) is 0 Å². The molecule has 0 aromatic carbocycles. The molecule has 1 spiro atoms. The number of hydrogen-bond acceptors (Lipinski definition) is 6. The van der Waals surface area contributed by atoms with Crippen LogP contribution >= 0.6 is 11.3 Å². The fourth-order valence-electron chi connectivity index (χ4n) is 5.06. The highest BCUT2D eigenvalue weighted by molar-refractivity contribution is 7.19. The maximum atomic E-state index is 9.91. The molecule has 0 unspecified atom stereocenters. The highest BCUT2D eigenvalue weighted by atomic mass is 32.1. The lowest BCUT2D eigenvalue weighted by Gasteiger charge is -2.53. The van der Waals surface area contributed by atoms with Crippen LogP contribution in [0.25, 0.3) is 10.2 Å². The summed E-state index contributed by atoms with van der Waals surface area (Å²) < 4.78 is 6.03. The minimum atomic E-state index is -0.325. The van der Waals surface area contributed by atoms with Crippen molar-refractivity contribution in [1.82, 2.24) is 9.88 Å². The number of ether oxygens (including phenoxy) is 1. The average Bonchev–Trinajstić information content (AvgIpc) is 2.95. The predicted octanol–water partition coefficient (Wildman–Crippen LogP) is 2.96. The SMILES string of the molecule is Cc1cc(C)c2c3c(sc2n1)[C@@]1(CN2CCC1CC2)C(C#N)=C(N)O3. The summed E-state index contributed by atoms with van der Waals surface area (Å²) >= 11 is 1.69. The second kappa shape index (κ2) is 4.96. The summed E-state index contributed by atoms with van der Waals surface area (Å²) in [4.78, 5) is 9.36. The lowest BCUT2D eigenvalue weighted by molar-refractivity contribution is 0.0410. The van der Waals surface area contributed by atoms with E-state index in [4.69, 9.17) is 15.5 Å². The zero-order valence-electron chi connectivity index (χ0n) is 14.4. The third-order valence-electron chi connectivity index (χ3n) is 6.12. The lowest BCUT2D eigenvalue weighted by atomic mass is 9.61. The fourth-order valence-corrected chi connectivity index (χ4v) is 6.55. The third-order valence-corrected chi connectivity index (χ3v) is 7.37. The van der Waals surface area contributed by atoms with Crippen molar-refractivity contribution in [2.75, 3.05) is 19.6 Å². The first-order valence-corrected chi connectivity index (χ1v) is 9.58. The number of aromatic nitrogens is 1. The van der Waals surface area contributed by atoms with E-state index in [1.54, 1.807) is 11.3 Å². The van der Waals surface area contributed by atoms with Gasteiger partial charge >= 0.3 is 0 Å². The summed E-state index contributed by atoms with van der Waals surface area (Å²) in [6, 6.07) is 4.48. The van der Waals surface area contributed by atoms with Gasteiger partial charge in [0, 0.05) is 12.2 Å². The molecule has 6 heteroatoms. The van der Waals surface area contributed by atoms with Gasteiger partial charge in [-0.05, 0) is 57.3 Å². The molecule has 6 rings (SSSR count). The van der Waals surface area contributed by atoms with Crippen LogP contribution in [0.15, 0.2) is 17.5 Å². The maximum Gasteiger partial charge on any atom is 0.205 e. The lowest BCUT2D eigenvalue weighted by Crippen LogP contribution is -2.59. The number of aryl methyl sites for hydroxylation is 2. The predicted molar refractivity (Wildman–Crippen MR) is 97.4 cm³/mol. The highest BCUT2D eigenvalue weighted by Crippen LogP contribution is 2.58. The maximum absolute atomic E-state index is 9.91. The molecule has 6 heterocycles. The van der Waals surface area contributed by atoms with E-state index < -0.39 is 0 Å². The van der Waals surface area contributed by atoms with Crippen LogP contribution in [-0.2, 0) is 5.41 Å². The molecule has 4 aliphatic rings. The van der Waals surface area contributed by atoms with Crippen molar-refractivity contribution >= 4 is 21.6 Å². The van der Waals surface area contributed by atoms with Gasteiger partial charge in [0.25, 0.3) is 0 Å². The van der Waals surface area contributed by atoms with E-state index in [1.165, 1.54) is 0 Å². The number of piperidine rings is 3. The van der Waals surface area contributed by atoms with Gasteiger partial charge in [-0.25, -0.2) is 4.98 Å². The topological polar surface area (TPSA) is 75.2 Å². The Hall–Kier alpha value is -2.10. The van der Waals surface area contributed by atoms with E-state index in [9.17, 15) is 5.26 Å². The van der Waals surface area contributed by atoms with Crippen molar-refractivity contribution in [3.63, 3.8) is 0 Å². The van der Waals surface area contributed by atoms with E-state index in [-0.39, 0.29) is 11.3 Å². The molecule has 2 aromatic rings. The van der Waals surface area contributed by atoms with Crippen molar-refractivity contribution in [3.8, 4) is 11.8 Å². The van der Waals surface area contributed by atoms with Crippen LogP contribution in [0.5, 0.6) is 5.75 Å². The van der Waals surface area contributed by atoms with Gasteiger partial charge in [-0.2, -0.15) is 5.26 Å². The highest BCUT2D eigenvalue weighted by Gasteiger charge is 2.56. The molecule has 0 aliphatic carbocycles. The second-order valence-electron chi connectivity index (χ2n) is 7.50. The number of rotatable bonds is 0. The Morgan fingerprint density at radius 3 is 2.80 bits per heavy atom. The number of thiophene rings is 1. The molecule has 4 aliphatic heterocycles. The number of hydrogen-bond donors (Lipinski definition) is 1. The zero-order valence-corrected chi connectivity index (χ0v) is 15.2. The van der Waals surface area contributed by atoms with Gasteiger partial charge in [0.05, 0.1) is 15.7 Å². The first-order chi connectivity index (χ1) is 12.0. The van der Waals surface area contributed by atoms with Crippen LogP contribution in [0.4, 0.5) is 0 Å². The molecule has 25 heavy (non-hydrogen) atoms. The Bertz CT molecular complexity index is 977. The molecule has 2 N–H and O–H groups in total. The van der Waals surface area contributed by atoms with Crippen LogP contribution < -0.4 is 10.5 Å². The minimum Gasteiger partial charge on any atom is -0.439 e. The number of nitriles is 1. The molecule has 1 atom stereocenters. The molecule has 0 radical (unpaired) electrons. The van der Waals surface area contributed by atoms with E-state index in [1.807, 2.05) is 6.92 Å². The molecule has 2 aromatic heterocycles. The Labute approximate surface area is 150 Å². The van der Waals surface area contributed by atoms with Crippen molar-refractivity contribution < 1.29 is 4.74 Å². The van der Waals surface area contributed by atoms with Crippen LogP contribution in [0.2, 0.25) is 0 Å². The fraction of sp³-hybridized carbons (Fsp3) is 0.474. The zero-order chi connectivity index (χ0) is 17.3. The minimum absolute atomic E-state index is 0.281. The Balaban J connectivity index is 1.85. The summed E-state index contributed by atoms with van der Waals surface area (Å²) in [6.07, 6.45) is 2.22. The van der Waals surface area contributed by atoms with Crippen LogP contribution in [0.1, 0.15) is 29.0 Å².